The van der Waals surface area contributed by atoms with E-state index in [0.29, 0.717) is 31.6 Å². The molecule has 4 rings (SSSR count). The highest BCUT2D eigenvalue weighted by molar-refractivity contribution is 6.01. The molecule has 0 saturated carbocycles. The first kappa shape index (κ1) is 19.1. The number of Topliss-reactive ketones (excluding diaryl/α,β-unsaturated/α-hetero) is 1. The zero-order valence-electron chi connectivity index (χ0n) is 16.5. The fourth-order valence-electron chi connectivity index (χ4n) is 3.87. The Balaban J connectivity index is 1.42. The van der Waals surface area contributed by atoms with E-state index in [2.05, 4.69) is 10.1 Å². The van der Waals surface area contributed by atoms with Crippen LogP contribution < -0.4 is 4.74 Å². The number of fused-ring (bicyclic) bond motifs is 1. The predicted molar refractivity (Wildman–Crippen MR) is 109 cm³/mol. The van der Waals surface area contributed by atoms with Gasteiger partial charge in [0.25, 0.3) is 0 Å². The van der Waals surface area contributed by atoms with Gasteiger partial charge in [0.15, 0.2) is 5.78 Å². The minimum atomic E-state index is -0.158. The zero-order chi connectivity index (χ0) is 20.2. The van der Waals surface area contributed by atoms with E-state index in [0.717, 1.165) is 29.4 Å². The van der Waals surface area contributed by atoms with Crippen LogP contribution >= 0.6 is 0 Å². The van der Waals surface area contributed by atoms with Crippen molar-refractivity contribution in [3.8, 4) is 5.75 Å². The van der Waals surface area contributed by atoms with Gasteiger partial charge < -0.3 is 9.64 Å². The highest BCUT2D eigenvalue weighted by Gasteiger charge is 2.29. The molecule has 0 spiro atoms. The first-order valence-corrected chi connectivity index (χ1v) is 9.86. The van der Waals surface area contributed by atoms with Crippen molar-refractivity contribution in [2.24, 2.45) is 5.92 Å². The maximum atomic E-state index is 13.1. The summed E-state index contributed by atoms with van der Waals surface area (Å²) in [5.74, 6) is 0.804. The molecule has 1 atom stereocenters. The molecule has 1 aliphatic heterocycles. The van der Waals surface area contributed by atoms with Crippen molar-refractivity contribution in [1.82, 2.24) is 19.7 Å². The highest BCUT2D eigenvalue weighted by Crippen LogP contribution is 2.26. The van der Waals surface area contributed by atoms with Crippen LogP contribution in [0.5, 0.6) is 5.75 Å². The lowest BCUT2D eigenvalue weighted by molar-refractivity contribution is -0.132. The van der Waals surface area contributed by atoms with Crippen LogP contribution in [0, 0.1) is 5.92 Å². The molecular weight excluding hydrogens is 368 g/mol. The number of carbonyl (C=O) groups excluding carboxylic acids is 2. The van der Waals surface area contributed by atoms with E-state index in [9.17, 15) is 9.59 Å². The Kier molecular flexibility index (Phi) is 5.55. The van der Waals surface area contributed by atoms with Gasteiger partial charge in [0.2, 0.25) is 5.91 Å². The van der Waals surface area contributed by atoms with Crippen LogP contribution in [-0.4, -0.2) is 51.6 Å². The van der Waals surface area contributed by atoms with Crippen molar-refractivity contribution in [3.63, 3.8) is 0 Å². The van der Waals surface area contributed by atoms with Gasteiger partial charge in [0.1, 0.15) is 18.4 Å². The summed E-state index contributed by atoms with van der Waals surface area (Å²) in [4.78, 5) is 31.4. The first-order valence-electron chi connectivity index (χ1n) is 9.86. The maximum Gasteiger partial charge on any atom is 0.224 e. The standard InChI is InChI=1S/C22H24N4O3/c1-29-20-7-6-16-11-18(5-4-17(16)12-20)22(28)19-3-2-9-25(13-19)21(27)8-10-26-15-23-14-24-26/h4-7,11-12,14-15,19H,2-3,8-10,13H2,1H3. The minimum absolute atomic E-state index is 0.0589. The molecule has 0 aliphatic carbocycles. The number of piperidine rings is 1. The van der Waals surface area contributed by atoms with Crippen molar-refractivity contribution >= 4 is 22.5 Å². The van der Waals surface area contributed by atoms with E-state index >= 15 is 0 Å². The van der Waals surface area contributed by atoms with Gasteiger partial charge in [0.05, 0.1) is 13.7 Å². The second kappa shape index (κ2) is 8.43. The lowest BCUT2D eigenvalue weighted by Gasteiger charge is -2.32. The quantitative estimate of drug-likeness (QED) is 0.603. The predicted octanol–water partition coefficient (Wildman–Crippen LogP) is 2.95. The van der Waals surface area contributed by atoms with E-state index in [4.69, 9.17) is 4.74 Å². The van der Waals surface area contributed by atoms with Gasteiger partial charge in [-0.15, -0.1) is 0 Å². The number of ether oxygens (including phenoxy) is 1. The van der Waals surface area contributed by atoms with Gasteiger partial charge in [-0.2, -0.15) is 5.10 Å². The largest absolute Gasteiger partial charge is 0.497 e. The third-order valence-corrected chi connectivity index (χ3v) is 5.50. The van der Waals surface area contributed by atoms with Crippen molar-refractivity contribution in [3.05, 3.63) is 54.6 Å². The molecule has 150 valence electrons. The Hall–Kier alpha value is -3.22. The number of hydrogen-bond acceptors (Lipinski definition) is 5. The van der Waals surface area contributed by atoms with Crippen LogP contribution in [0.4, 0.5) is 0 Å². The van der Waals surface area contributed by atoms with Crippen LogP contribution in [0.15, 0.2) is 49.1 Å². The lowest BCUT2D eigenvalue weighted by Crippen LogP contribution is -2.42. The summed E-state index contributed by atoms with van der Waals surface area (Å²) in [6.45, 7) is 1.69. The van der Waals surface area contributed by atoms with Crippen LogP contribution in [-0.2, 0) is 11.3 Å². The number of hydrogen-bond donors (Lipinski definition) is 0. The van der Waals surface area contributed by atoms with E-state index in [1.807, 2.05) is 41.3 Å². The topological polar surface area (TPSA) is 77.3 Å². The molecule has 0 N–H and O–H groups in total. The molecule has 0 bridgehead atoms. The molecule has 1 aliphatic rings. The Morgan fingerprint density at radius 3 is 2.79 bits per heavy atom. The number of carbonyl (C=O) groups is 2. The van der Waals surface area contributed by atoms with Crippen molar-refractivity contribution < 1.29 is 14.3 Å². The second-order valence-electron chi connectivity index (χ2n) is 7.38. The van der Waals surface area contributed by atoms with E-state index in [-0.39, 0.29) is 17.6 Å². The molecule has 1 unspecified atom stereocenters. The average molecular weight is 392 g/mol. The zero-order valence-corrected chi connectivity index (χ0v) is 16.5. The summed E-state index contributed by atoms with van der Waals surface area (Å²) >= 11 is 0. The molecule has 3 aromatic rings. The Morgan fingerprint density at radius 2 is 2.00 bits per heavy atom. The normalized spacial score (nSPS) is 16.7. The number of rotatable bonds is 6. The molecule has 1 amide bonds. The number of aryl methyl sites for hydroxylation is 1. The third kappa shape index (κ3) is 4.29. The van der Waals surface area contributed by atoms with Gasteiger partial charge in [-0.1, -0.05) is 18.2 Å². The third-order valence-electron chi connectivity index (χ3n) is 5.50. The number of methoxy groups -OCH3 is 1. The number of amides is 1. The Labute approximate surface area is 169 Å². The highest BCUT2D eigenvalue weighted by atomic mass is 16.5. The van der Waals surface area contributed by atoms with Crippen molar-refractivity contribution in [1.29, 1.82) is 0 Å². The monoisotopic (exact) mass is 392 g/mol. The maximum absolute atomic E-state index is 13.1. The first-order chi connectivity index (χ1) is 14.1. The number of aromatic nitrogens is 3. The van der Waals surface area contributed by atoms with Gasteiger partial charge in [-0.3, -0.25) is 14.3 Å². The number of ketones is 1. The molecule has 1 aromatic heterocycles. The molecule has 29 heavy (non-hydrogen) atoms. The fraction of sp³-hybridized carbons (Fsp3) is 0.364. The number of nitrogens with zero attached hydrogens (tertiary/aromatic N) is 4. The molecule has 7 heteroatoms. The van der Waals surface area contributed by atoms with Gasteiger partial charge in [-0.25, -0.2) is 4.98 Å². The molecule has 0 radical (unpaired) electrons. The molecule has 2 heterocycles. The summed E-state index contributed by atoms with van der Waals surface area (Å²) in [5, 5.41) is 6.07. The van der Waals surface area contributed by atoms with Gasteiger partial charge in [-0.05, 0) is 41.8 Å². The van der Waals surface area contributed by atoms with Crippen LogP contribution in [0.1, 0.15) is 29.6 Å². The van der Waals surface area contributed by atoms with Gasteiger partial charge >= 0.3 is 0 Å². The summed E-state index contributed by atoms with van der Waals surface area (Å²) < 4.78 is 6.91. The Morgan fingerprint density at radius 1 is 1.17 bits per heavy atom. The lowest BCUT2D eigenvalue weighted by atomic mass is 9.89. The smallest absolute Gasteiger partial charge is 0.224 e. The van der Waals surface area contributed by atoms with E-state index in [1.54, 1.807) is 18.1 Å². The number of likely N-dealkylation sites (tertiary alicyclic amines) is 1. The second-order valence-corrected chi connectivity index (χ2v) is 7.38. The Bertz CT molecular complexity index is 1020. The van der Waals surface area contributed by atoms with E-state index in [1.165, 1.54) is 6.33 Å². The summed E-state index contributed by atoms with van der Waals surface area (Å²) in [7, 11) is 1.64. The molecule has 2 aromatic carbocycles. The van der Waals surface area contributed by atoms with Crippen molar-refractivity contribution in [2.75, 3.05) is 20.2 Å². The van der Waals surface area contributed by atoms with E-state index < -0.39 is 0 Å². The fourth-order valence-corrected chi connectivity index (χ4v) is 3.87. The summed E-state index contributed by atoms with van der Waals surface area (Å²) in [5.41, 5.74) is 0.699. The van der Waals surface area contributed by atoms with Gasteiger partial charge in [0, 0.05) is 31.0 Å². The SMILES string of the molecule is COc1ccc2cc(C(=O)C3CCCN(C(=O)CCn4cncn4)C3)ccc2c1. The minimum Gasteiger partial charge on any atom is -0.497 e. The van der Waals surface area contributed by atoms with Crippen LogP contribution in [0.2, 0.25) is 0 Å². The van der Waals surface area contributed by atoms with Crippen LogP contribution in [0.25, 0.3) is 10.8 Å². The van der Waals surface area contributed by atoms with Crippen molar-refractivity contribution in [2.45, 2.75) is 25.8 Å². The summed E-state index contributed by atoms with van der Waals surface area (Å²) in [6, 6.07) is 11.6. The molecule has 1 saturated heterocycles. The molecule has 1 fully saturated rings. The number of benzene rings is 2. The average Bonchev–Trinajstić information content (AvgIpc) is 3.30. The summed E-state index contributed by atoms with van der Waals surface area (Å²) in [6.07, 6.45) is 5.08. The molecular formula is C22H24N4O3. The van der Waals surface area contributed by atoms with Crippen LogP contribution in [0.3, 0.4) is 0 Å². The molecule has 7 nitrogen and oxygen atoms in total.